The van der Waals surface area contributed by atoms with Crippen LogP contribution in [0.15, 0.2) is 41.8 Å². The van der Waals surface area contributed by atoms with E-state index < -0.39 is 24.0 Å². The van der Waals surface area contributed by atoms with Gasteiger partial charge in [-0.15, -0.1) is 24.5 Å². The van der Waals surface area contributed by atoms with E-state index >= 15 is 0 Å². The highest BCUT2D eigenvalue weighted by Gasteiger charge is 2.32. The van der Waals surface area contributed by atoms with E-state index in [2.05, 4.69) is 9.72 Å². The highest BCUT2D eigenvalue weighted by Crippen LogP contribution is 2.34. The minimum absolute atomic E-state index is 0.262. The number of nitrogens with zero attached hydrogens (tertiary/aromatic N) is 2. The van der Waals surface area contributed by atoms with Gasteiger partial charge in [0.1, 0.15) is 10.8 Å². The maximum absolute atomic E-state index is 14.1. The van der Waals surface area contributed by atoms with Crippen molar-refractivity contribution >= 4 is 17.4 Å². The molecule has 0 N–H and O–H groups in total. The third kappa shape index (κ3) is 4.38. The van der Waals surface area contributed by atoms with Gasteiger partial charge in [-0.1, -0.05) is 12.1 Å². The Bertz CT molecular complexity index is 1110. The van der Waals surface area contributed by atoms with Gasteiger partial charge in [-0.25, -0.2) is 14.2 Å². The van der Waals surface area contributed by atoms with Gasteiger partial charge in [0.25, 0.3) is 0 Å². The number of benzene rings is 2. The molecule has 0 fully saturated rings. The third-order valence-electron chi connectivity index (χ3n) is 4.36. The molecule has 10 heteroatoms. The molecule has 1 aliphatic rings. The van der Waals surface area contributed by atoms with E-state index in [0.717, 1.165) is 22.8 Å². The quantitative estimate of drug-likeness (QED) is 0.493. The highest BCUT2D eigenvalue weighted by molar-refractivity contribution is 7.09. The summed E-state index contributed by atoms with van der Waals surface area (Å²) in [6.07, 6.45) is -5.47. The lowest BCUT2D eigenvalue weighted by atomic mass is 10.0. The van der Waals surface area contributed by atoms with Crippen molar-refractivity contribution in [2.24, 2.45) is 0 Å². The second-order valence-corrected chi connectivity index (χ2v) is 7.56. The molecule has 1 aromatic heterocycles. The molecule has 1 amide bonds. The molecule has 0 atom stereocenters. The fourth-order valence-corrected chi connectivity index (χ4v) is 3.84. The SMILES string of the molecule is Cc1csc(CN2Cc3cc(-c4ccc(OC(F)(F)F)c(F)c4)ccc3OC2=O)n1. The van der Waals surface area contributed by atoms with Crippen molar-refractivity contribution in [3.05, 3.63) is 63.9 Å². The second kappa shape index (κ2) is 7.60. The van der Waals surface area contributed by atoms with E-state index in [0.29, 0.717) is 29.0 Å². The topological polar surface area (TPSA) is 51.7 Å². The molecule has 2 heterocycles. The Morgan fingerprint density at radius 3 is 2.60 bits per heavy atom. The number of fused-ring (bicyclic) bond motifs is 1. The summed E-state index contributed by atoms with van der Waals surface area (Å²) in [4.78, 5) is 18.1. The van der Waals surface area contributed by atoms with E-state index in [1.165, 1.54) is 22.3 Å². The maximum atomic E-state index is 14.1. The van der Waals surface area contributed by atoms with Crippen LogP contribution in [0.25, 0.3) is 11.1 Å². The summed E-state index contributed by atoms with van der Waals surface area (Å²) in [6, 6.07) is 8.11. The average Bonchev–Trinajstić information content (AvgIpc) is 3.07. The summed E-state index contributed by atoms with van der Waals surface area (Å²) in [6.45, 7) is 2.41. The number of thiazole rings is 1. The van der Waals surface area contributed by atoms with Crippen LogP contribution >= 0.6 is 11.3 Å². The molecule has 0 saturated carbocycles. The van der Waals surface area contributed by atoms with Gasteiger partial charge in [0.2, 0.25) is 0 Å². The molecule has 0 spiro atoms. The van der Waals surface area contributed by atoms with Crippen LogP contribution < -0.4 is 9.47 Å². The smallest absolute Gasteiger partial charge is 0.410 e. The minimum atomic E-state index is -4.97. The Hall–Kier alpha value is -3.14. The first-order valence-electron chi connectivity index (χ1n) is 8.74. The summed E-state index contributed by atoms with van der Waals surface area (Å²) in [5.74, 6) is -1.65. The van der Waals surface area contributed by atoms with Crippen LogP contribution in [0.5, 0.6) is 11.5 Å². The highest BCUT2D eigenvalue weighted by atomic mass is 32.1. The van der Waals surface area contributed by atoms with Gasteiger partial charge < -0.3 is 9.47 Å². The van der Waals surface area contributed by atoms with Crippen molar-refractivity contribution in [2.75, 3.05) is 0 Å². The zero-order valence-electron chi connectivity index (χ0n) is 15.5. The molecule has 1 aliphatic heterocycles. The van der Waals surface area contributed by atoms with Gasteiger partial charge in [0, 0.05) is 16.6 Å². The van der Waals surface area contributed by atoms with Crippen molar-refractivity contribution in [3.8, 4) is 22.6 Å². The lowest BCUT2D eigenvalue weighted by molar-refractivity contribution is -0.275. The standard InChI is InChI=1S/C20H14F4N2O3S/c1-11-10-30-18(25-11)9-26-8-14-6-12(2-4-16(14)28-19(26)27)13-3-5-17(15(21)7-13)29-20(22,23)24/h2-7,10H,8-9H2,1H3. The number of amides is 1. The van der Waals surface area contributed by atoms with Crippen molar-refractivity contribution < 1.29 is 31.8 Å². The molecule has 2 aromatic carbocycles. The molecule has 0 unspecified atom stereocenters. The molecule has 4 rings (SSSR count). The second-order valence-electron chi connectivity index (χ2n) is 6.62. The molecule has 0 saturated heterocycles. The zero-order valence-corrected chi connectivity index (χ0v) is 16.3. The third-order valence-corrected chi connectivity index (χ3v) is 5.31. The van der Waals surface area contributed by atoms with Crippen LogP contribution in [0.1, 0.15) is 16.3 Å². The number of carbonyl (C=O) groups excluding carboxylic acids is 1. The Morgan fingerprint density at radius 1 is 1.20 bits per heavy atom. The lowest BCUT2D eigenvalue weighted by Gasteiger charge is -2.27. The zero-order chi connectivity index (χ0) is 21.5. The summed E-state index contributed by atoms with van der Waals surface area (Å²) in [5, 5.41) is 2.66. The summed E-state index contributed by atoms with van der Waals surface area (Å²) < 4.78 is 60.0. The van der Waals surface area contributed by atoms with Crippen molar-refractivity contribution in [1.29, 1.82) is 0 Å². The van der Waals surface area contributed by atoms with Crippen molar-refractivity contribution in [3.63, 3.8) is 0 Å². The van der Waals surface area contributed by atoms with Crippen LogP contribution in [0.2, 0.25) is 0 Å². The number of aryl methyl sites for hydroxylation is 1. The monoisotopic (exact) mass is 438 g/mol. The van der Waals surface area contributed by atoms with Crippen molar-refractivity contribution in [2.45, 2.75) is 26.4 Å². The molecular weight excluding hydrogens is 424 g/mol. The van der Waals surface area contributed by atoms with Gasteiger partial charge in [-0.3, -0.25) is 4.90 Å². The maximum Gasteiger partial charge on any atom is 0.573 e. The summed E-state index contributed by atoms with van der Waals surface area (Å²) in [5.41, 5.74) is 2.48. The van der Waals surface area contributed by atoms with Crippen LogP contribution in [-0.2, 0) is 13.1 Å². The Morgan fingerprint density at radius 2 is 1.93 bits per heavy atom. The van der Waals surface area contributed by atoms with Gasteiger partial charge in [0.05, 0.1) is 13.1 Å². The Kier molecular flexibility index (Phi) is 5.10. The van der Waals surface area contributed by atoms with E-state index in [-0.39, 0.29) is 6.54 Å². The van der Waals surface area contributed by atoms with Crippen molar-refractivity contribution in [1.82, 2.24) is 9.88 Å². The van der Waals surface area contributed by atoms with E-state index in [1.807, 2.05) is 12.3 Å². The van der Waals surface area contributed by atoms with Gasteiger partial charge in [-0.2, -0.15) is 0 Å². The van der Waals surface area contributed by atoms with Crippen LogP contribution in [0.4, 0.5) is 22.4 Å². The first-order valence-corrected chi connectivity index (χ1v) is 9.62. The van der Waals surface area contributed by atoms with Crippen LogP contribution in [0, 0.1) is 12.7 Å². The molecule has 0 radical (unpaired) electrons. The Labute approximate surface area is 172 Å². The molecule has 0 bridgehead atoms. The number of alkyl halides is 3. The van der Waals surface area contributed by atoms with E-state index in [4.69, 9.17) is 4.74 Å². The summed E-state index contributed by atoms with van der Waals surface area (Å²) >= 11 is 1.44. The number of hydrogen-bond donors (Lipinski definition) is 0. The van der Waals surface area contributed by atoms with E-state index in [9.17, 15) is 22.4 Å². The van der Waals surface area contributed by atoms with Gasteiger partial charge in [-0.05, 0) is 42.3 Å². The number of carbonyl (C=O) groups is 1. The number of hydrogen-bond acceptors (Lipinski definition) is 5. The van der Waals surface area contributed by atoms with Crippen LogP contribution in [-0.4, -0.2) is 22.3 Å². The molecule has 30 heavy (non-hydrogen) atoms. The molecular formula is C20H14F4N2O3S. The van der Waals surface area contributed by atoms with Gasteiger partial charge >= 0.3 is 12.5 Å². The molecule has 156 valence electrons. The van der Waals surface area contributed by atoms with Gasteiger partial charge in [0.15, 0.2) is 11.6 Å². The molecule has 5 nitrogen and oxygen atoms in total. The number of halogens is 4. The molecule has 0 aliphatic carbocycles. The predicted molar refractivity (Wildman–Crippen MR) is 101 cm³/mol. The largest absolute Gasteiger partial charge is 0.573 e. The Balaban J connectivity index is 1.57. The molecule has 3 aromatic rings. The first-order chi connectivity index (χ1) is 14.2. The predicted octanol–water partition coefficient (Wildman–Crippen LogP) is 5.67. The fourth-order valence-electron chi connectivity index (χ4n) is 3.06. The van der Waals surface area contributed by atoms with E-state index in [1.54, 1.807) is 18.2 Å². The first kappa shape index (κ1) is 20.1. The number of aromatic nitrogens is 1. The fraction of sp³-hybridized carbons (Fsp3) is 0.200. The lowest BCUT2D eigenvalue weighted by Crippen LogP contribution is -2.36. The average molecular weight is 438 g/mol. The summed E-state index contributed by atoms with van der Waals surface area (Å²) in [7, 11) is 0. The number of rotatable bonds is 4. The minimum Gasteiger partial charge on any atom is -0.410 e. The van der Waals surface area contributed by atoms with Crippen LogP contribution in [0.3, 0.4) is 0 Å². The normalized spacial score (nSPS) is 13.8. The number of ether oxygens (including phenoxy) is 2.